The van der Waals surface area contributed by atoms with E-state index in [2.05, 4.69) is 4.99 Å². The van der Waals surface area contributed by atoms with Gasteiger partial charge in [-0.05, 0) is 0 Å². The Balaban J connectivity index is 2.71. The number of nitrogens with zero attached hydrogens (tertiary/aromatic N) is 1. The third kappa shape index (κ3) is 3.85. The zero-order chi connectivity index (χ0) is 11.1. The van der Waals surface area contributed by atoms with Crippen LogP contribution in [0.15, 0.2) is 35.3 Å². The standard InChI is InChI=1S/C10H10BNO3/c13-10(14)9(12-7-11-15)6-8-4-2-1-3-5-8/h1-5,7,9H,6H2,(H,13,14)/b12-7-. The zero-order valence-corrected chi connectivity index (χ0v) is 8.04. The van der Waals surface area contributed by atoms with E-state index in [1.807, 2.05) is 30.3 Å². The van der Waals surface area contributed by atoms with E-state index in [4.69, 9.17) is 5.11 Å². The second-order valence-electron chi connectivity index (χ2n) is 2.98. The molecular weight excluding hydrogens is 193 g/mol. The van der Waals surface area contributed by atoms with Crippen LogP contribution in [0.3, 0.4) is 0 Å². The van der Waals surface area contributed by atoms with Crippen molar-refractivity contribution in [2.24, 2.45) is 4.99 Å². The summed E-state index contributed by atoms with van der Waals surface area (Å²) in [4.78, 5) is 14.4. The van der Waals surface area contributed by atoms with E-state index < -0.39 is 12.0 Å². The van der Waals surface area contributed by atoms with Gasteiger partial charge in [0.2, 0.25) is 0 Å². The Morgan fingerprint density at radius 1 is 1.47 bits per heavy atom. The monoisotopic (exact) mass is 203 g/mol. The first kappa shape index (κ1) is 11.3. The van der Waals surface area contributed by atoms with E-state index in [9.17, 15) is 9.50 Å². The van der Waals surface area contributed by atoms with Crippen molar-refractivity contribution >= 4 is 19.2 Å². The summed E-state index contributed by atoms with van der Waals surface area (Å²) in [6.07, 6.45) is 1.27. The predicted octanol–water partition coefficient (Wildman–Crippen LogP) is 0.760. The van der Waals surface area contributed by atoms with Crippen LogP contribution in [-0.2, 0) is 15.9 Å². The third-order valence-corrected chi connectivity index (χ3v) is 1.88. The summed E-state index contributed by atoms with van der Waals surface area (Å²) in [5.74, 6) is -1.03. The minimum atomic E-state index is -1.03. The van der Waals surface area contributed by atoms with Gasteiger partial charge in [-0.1, -0.05) is 0 Å². The molecule has 1 aromatic carbocycles. The predicted molar refractivity (Wildman–Crippen MR) is 56.5 cm³/mol. The van der Waals surface area contributed by atoms with Crippen LogP contribution in [0.25, 0.3) is 0 Å². The molecule has 15 heavy (non-hydrogen) atoms. The van der Waals surface area contributed by atoms with Crippen LogP contribution in [0.1, 0.15) is 5.56 Å². The molecule has 0 aliphatic rings. The Morgan fingerprint density at radius 2 is 2.13 bits per heavy atom. The molecule has 5 heteroatoms. The molecule has 0 spiro atoms. The number of aliphatic carboxylic acids is 1. The van der Waals surface area contributed by atoms with Gasteiger partial charge in [0.1, 0.15) is 0 Å². The van der Waals surface area contributed by atoms with Crippen molar-refractivity contribution in [3.05, 3.63) is 35.9 Å². The first-order chi connectivity index (χ1) is 7.24. The SMILES string of the molecule is O=B/C=N\C(Cc1ccccc1)C(=O)O. The second kappa shape index (κ2) is 5.85. The maximum atomic E-state index is 10.8. The summed E-state index contributed by atoms with van der Waals surface area (Å²) in [7, 11) is 0.473. The van der Waals surface area contributed by atoms with Crippen LogP contribution in [0, 0.1) is 0 Å². The van der Waals surface area contributed by atoms with Crippen molar-refractivity contribution in [3.63, 3.8) is 0 Å². The number of aliphatic imine (C=N–C) groups is 1. The quantitative estimate of drug-likeness (QED) is 0.567. The van der Waals surface area contributed by atoms with E-state index in [0.29, 0.717) is 13.6 Å². The van der Waals surface area contributed by atoms with Crippen LogP contribution in [0.5, 0.6) is 0 Å². The fourth-order valence-electron chi connectivity index (χ4n) is 1.18. The molecule has 0 aliphatic carbocycles. The topological polar surface area (TPSA) is 66.7 Å². The van der Waals surface area contributed by atoms with E-state index in [-0.39, 0.29) is 0 Å². The molecule has 1 atom stereocenters. The summed E-state index contributed by atoms with van der Waals surface area (Å²) >= 11 is 0. The van der Waals surface area contributed by atoms with Gasteiger partial charge in [0.05, 0.1) is 0 Å². The Morgan fingerprint density at radius 3 is 2.67 bits per heavy atom. The van der Waals surface area contributed by atoms with Crippen molar-refractivity contribution in [2.45, 2.75) is 12.5 Å². The normalized spacial score (nSPS) is 12.3. The average molecular weight is 203 g/mol. The minimum absolute atomic E-state index is 0.292. The van der Waals surface area contributed by atoms with Gasteiger partial charge in [-0.15, -0.1) is 0 Å². The average Bonchev–Trinajstić information content (AvgIpc) is 2.25. The molecule has 0 fully saturated rings. The molecule has 0 heterocycles. The number of benzene rings is 1. The molecule has 0 radical (unpaired) electrons. The summed E-state index contributed by atoms with van der Waals surface area (Å²) < 4.78 is 10.0. The molecule has 0 saturated carbocycles. The van der Waals surface area contributed by atoms with Gasteiger partial charge in [0, 0.05) is 0 Å². The van der Waals surface area contributed by atoms with Crippen molar-refractivity contribution in [1.29, 1.82) is 0 Å². The first-order valence-corrected chi connectivity index (χ1v) is 4.47. The van der Waals surface area contributed by atoms with Gasteiger partial charge in [-0.25, -0.2) is 0 Å². The maximum absolute atomic E-state index is 10.8. The van der Waals surface area contributed by atoms with Crippen molar-refractivity contribution in [3.8, 4) is 0 Å². The van der Waals surface area contributed by atoms with Crippen LogP contribution in [0.2, 0.25) is 0 Å². The van der Waals surface area contributed by atoms with Crippen LogP contribution in [0.4, 0.5) is 0 Å². The third-order valence-electron chi connectivity index (χ3n) is 1.88. The first-order valence-electron chi connectivity index (χ1n) is 4.47. The van der Waals surface area contributed by atoms with E-state index >= 15 is 0 Å². The fraction of sp³-hybridized carbons (Fsp3) is 0.200. The number of rotatable bonds is 5. The number of carboxylic acids is 1. The van der Waals surface area contributed by atoms with E-state index in [1.54, 1.807) is 0 Å². The molecule has 1 aromatic rings. The molecule has 0 saturated heterocycles. The Kier molecular flexibility index (Phi) is 4.41. The van der Waals surface area contributed by atoms with Crippen LogP contribution in [-0.4, -0.2) is 30.4 Å². The molecule has 0 amide bonds. The molecule has 0 aromatic heterocycles. The number of hydrogen-bond acceptors (Lipinski definition) is 3. The number of hydrogen-bond donors (Lipinski definition) is 1. The summed E-state index contributed by atoms with van der Waals surface area (Å²) in [5.41, 5.74) is 0.882. The van der Waals surface area contributed by atoms with Gasteiger partial charge in [-0.2, -0.15) is 0 Å². The van der Waals surface area contributed by atoms with Gasteiger partial charge in [0.15, 0.2) is 0 Å². The number of carboxylic acid groups (broad SMARTS) is 1. The molecule has 1 unspecified atom stereocenters. The van der Waals surface area contributed by atoms with Crippen molar-refractivity contribution in [1.82, 2.24) is 0 Å². The zero-order valence-electron chi connectivity index (χ0n) is 8.04. The molecule has 0 aliphatic heterocycles. The molecule has 76 valence electrons. The molecular formula is C10H10BNO3. The molecule has 0 bridgehead atoms. The van der Waals surface area contributed by atoms with Crippen molar-refractivity contribution in [2.75, 3.05) is 0 Å². The Hall–Kier alpha value is -1.78. The molecule has 4 nitrogen and oxygen atoms in total. The van der Waals surface area contributed by atoms with Crippen LogP contribution >= 0.6 is 0 Å². The molecule has 1 N–H and O–H groups in total. The molecule has 1 rings (SSSR count). The second-order valence-corrected chi connectivity index (χ2v) is 2.98. The fourth-order valence-corrected chi connectivity index (χ4v) is 1.18. The van der Waals surface area contributed by atoms with Crippen molar-refractivity contribution < 1.29 is 14.6 Å². The van der Waals surface area contributed by atoms with Gasteiger partial charge in [-0.3, -0.25) is 0 Å². The summed E-state index contributed by atoms with van der Waals surface area (Å²) in [6, 6.07) is 8.28. The Labute approximate surface area is 87.9 Å². The van der Waals surface area contributed by atoms with Gasteiger partial charge in [0.25, 0.3) is 0 Å². The van der Waals surface area contributed by atoms with E-state index in [0.717, 1.165) is 11.7 Å². The summed E-state index contributed by atoms with van der Waals surface area (Å²) in [5, 5.41) is 8.83. The van der Waals surface area contributed by atoms with Crippen LogP contribution < -0.4 is 0 Å². The van der Waals surface area contributed by atoms with Gasteiger partial charge >= 0.3 is 87.2 Å². The summed E-state index contributed by atoms with van der Waals surface area (Å²) in [6.45, 7) is 0. The number of carbonyl (C=O) groups is 1. The van der Waals surface area contributed by atoms with E-state index in [1.165, 1.54) is 0 Å². The van der Waals surface area contributed by atoms with Gasteiger partial charge < -0.3 is 0 Å². The Bertz CT molecular complexity index is 364.